The van der Waals surface area contributed by atoms with Gasteiger partial charge in [0.1, 0.15) is 5.75 Å². The zero-order valence-electron chi connectivity index (χ0n) is 9.13. The summed E-state index contributed by atoms with van der Waals surface area (Å²) in [5, 5.41) is 0. The standard InChI is InChI=1S/C12H18BrNO/c1-2-3-4-5-8-15-12-7-6-10(14)9-11(12)13/h6-7,9H,2-5,8,14H2,1H3. The molecular formula is C12H18BrNO. The number of ether oxygens (including phenoxy) is 1. The van der Waals surface area contributed by atoms with Crippen molar-refractivity contribution < 1.29 is 4.74 Å². The summed E-state index contributed by atoms with van der Waals surface area (Å²) >= 11 is 3.42. The molecule has 84 valence electrons. The molecule has 0 radical (unpaired) electrons. The van der Waals surface area contributed by atoms with Crippen LogP contribution in [0.4, 0.5) is 5.69 Å². The van der Waals surface area contributed by atoms with Crippen LogP contribution in [0.15, 0.2) is 22.7 Å². The lowest BCUT2D eigenvalue weighted by Crippen LogP contribution is -1.98. The number of hydrogen-bond donors (Lipinski definition) is 1. The van der Waals surface area contributed by atoms with Crippen LogP contribution in [0.5, 0.6) is 5.75 Å². The monoisotopic (exact) mass is 271 g/mol. The smallest absolute Gasteiger partial charge is 0.133 e. The molecule has 0 fully saturated rings. The van der Waals surface area contributed by atoms with Crippen molar-refractivity contribution in [1.29, 1.82) is 0 Å². The molecule has 1 rings (SSSR count). The second kappa shape index (κ2) is 6.72. The third-order valence-electron chi connectivity index (χ3n) is 2.21. The van der Waals surface area contributed by atoms with E-state index in [0.29, 0.717) is 0 Å². The number of halogens is 1. The Kier molecular flexibility index (Phi) is 5.54. The summed E-state index contributed by atoms with van der Waals surface area (Å²) in [7, 11) is 0. The molecule has 0 aliphatic heterocycles. The second-order valence-electron chi connectivity index (χ2n) is 3.60. The molecule has 0 aliphatic carbocycles. The van der Waals surface area contributed by atoms with Crippen molar-refractivity contribution in [2.75, 3.05) is 12.3 Å². The third-order valence-corrected chi connectivity index (χ3v) is 2.83. The third kappa shape index (κ3) is 4.56. The molecular weight excluding hydrogens is 254 g/mol. The van der Waals surface area contributed by atoms with Crippen molar-refractivity contribution in [3.8, 4) is 5.75 Å². The zero-order valence-corrected chi connectivity index (χ0v) is 10.7. The van der Waals surface area contributed by atoms with Gasteiger partial charge in [-0.05, 0) is 40.5 Å². The maximum Gasteiger partial charge on any atom is 0.133 e. The highest BCUT2D eigenvalue weighted by molar-refractivity contribution is 9.10. The molecule has 2 nitrogen and oxygen atoms in total. The summed E-state index contributed by atoms with van der Waals surface area (Å²) < 4.78 is 6.56. The number of hydrogen-bond acceptors (Lipinski definition) is 2. The highest BCUT2D eigenvalue weighted by atomic mass is 79.9. The van der Waals surface area contributed by atoms with E-state index in [-0.39, 0.29) is 0 Å². The summed E-state index contributed by atoms with van der Waals surface area (Å²) in [5.41, 5.74) is 6.39. The lowest BCUT2D eigenvalue weighted by atomic mass is 10.2. The van der Waals surface area contributed by atoms with E-state index in [1.54, 1.807) is 0 Å². The molecule has 15 heavy (non-hydrogen) atoms. The van der Waals surface area contributed by atoms with Crippen molar-refractivity contribution in [2.45, 2.75) is 32.6 Å². The van der Waals surface area contributed by atoms with Crippen LogP contribution in [0.3, 0.4) is 0 Å². The van der Waals surface area contributed by atoms with Gasteiger partial charge in [0, 0.05) is 5.69 Å². The number of unbranched alkanes of at least 4 members (excludes halogenated alkanes) is 3. The summed E-state index contributed by atoms with van der Waals surface area (Å²) in [6.07, 6.45) is 4.89. The summed E-state index contributed by atoms with van der Waals surface area (Å²) in [4.78, 5) is 0. The number of nitrogens with two attached hydrogens (primary N) is 1. The van der Waals surface area contributed by atoms with Crippen molar-refractivity contribution >= 4 is 21.6 Å². The zero-order chi connectivity index (χ0) is 11.1. The maximum absolute atomic E-state index is 5.64. The van der Waals surface area contributed by atoms with E-state index in [1.807, 2.05) is 18.2 Å². The van der Waals surface area contributed by atoms with Gasteiger partial charge in [-0.15, -0.1) is 0 Å². The van der Waals surface area contributed by atoms with Gasteiger partial charge in [-0.2, -0.15) is 0 Å². The Hall–Kier alpha value is -0.700. The Morgan fingerprint density at radius 3 is 2.73 bits per heavy atom. The molecule has 1 aromatic rings. The van der Waals surface area contributed by atoms with Crippen molar-refractivity contribution in [3.05, 3.63) is 22.7 Å². The molecule has 0 heterocycles. The van der Waals surface area contributed by atoms with Crippen LogP contribution in [0.2, 0.25) is 0 Å². The fourth-order valence-electron chi connectivity index (χ4n) is 1.35. The molecule has 0 amide bonds. The van der Waals surface area contributed by atoms with E-state index in [4.69, 9.17) is 10.5 Å². The van der Waals surface area contributed by atoms with Crippen LogP contribution in [-0.4, -0.2) is 6.61 Å². The largest absolute Gasteiger partial charge is 0.492 e. The Balaban J connectivity index is 2.31. The fraction of sp³-hybridized carbons (Fsp3) is 0.500. The van der Waals surface area contributed by atoms with E-state index in [0.717, 1.165) is 28.9 Å². The lowest BCUT2D eigenvalue weighted by molar-refractivity contribution is 0.303. The summed E-state index contributed by atoms with van der Waals surface area (Å²) in [6, 6.07) is 5.62. The molecule has 2 N–H and O–H groups in total. The first kappa shape index (κ1) is 12.4. The predicted molar refractivity (Wildman–Crippen MR) is 68.2 cm³/mol. The van der Waals surface area contributed by atoms with E-state index in [1.165, 1.54) is 19.3 Å². The molecule has 0 bridgehead atoms. The normalized spacial score (nSPS) is 10.3. The molecule has 0 aromatic heterocycles. The molecule has 0 atom stereocenters. The SMILES string of the molecule is CCCCCCOc1ccc(N)cc1Br. The van der Waals surface area contributed by atoms with Gasteiger partial charge in [0.25, 0.3) is 0 Å². The van der Waals surface area contributed by atoms with Gasteiger partial charge in [0.2, 0.25) is 0 Å². The summed E-state index contributed by atoms with van der Waals surface area (Å²) in [6.45, 7) is 2.99. The Labute approximate surface area is 99.9 Å². The van der Waals surface area contributed by atoms with Gasteiger partial charge in [0.05, 0.1) is 11.1 Å². The topological polar surface area (TPSA) is 35.2 Å². The Bertz CT molecular complexity index is 302. The molecule has 0 aliphatic rings. The fourth-order valence-corrected chi connectivity index (χ4v) is 1.86. The first-order valence-electron chi connectivity index (χ1n) is 5.42. The molecule has 0 unspecified atom stereocenters. The Morgan fingerprint density at radius 2 is 2.07 bits per heavy atom. The van der Waals surface area contributed by atoms with Crippen LogP contribution in [0.25, 0.3) is 0 Å². The first-order chi connectivity index (χ1) is 7.24. The quantitative estimate of drug-likeness (QED) is 0.627. The van der Waals surface area contributed by atoms with Crippen LogP contribution in [0.1, 0.15) is 32.6 Å². The van der Waals surface area contributed by atoms with Gasteiger partial charge < -0.3 is 10.5 Å². The number of benzene rings is 1. The van der Waals surface area contributed by atoms with E-state index in [9.17, 15) is 0 Å². The molecule has 0 saturated heterocycles. The average molecular weight is 272 g/mol. The first-order valence-corrected chi connectivity index (χ1v) is 6.21. The van der Waals surface area contributed by atoms with Crippen molar-refractivity contribution in [1.82, 2.24) is 0 Å². The molecule has 0 saturated carbocycles. The minimum atomic E-state index is 0.750. The van der Waals surface area contributed by atoms with Crippen LogP contribution in [0, 0.1) is 0 Å². The minimum Gasteiger partial charge on any atom is -0.492 e. The minimum absolute atomic E-state index is 0.750. The van der Waals surface area contributed by atoms with E-state index < -0.39 is 0 Å². The number of rotatable bonds is 6. The van der Waals surface area contributed by atoms with Gasteiger partial charge in [-0.3, -0.25) is 0 Å². The van der Waals surface area contributed by atoms with E-state index >= 15 is 0 Å². The predicted octanol–water partition coefficient (Wildman–Crippen LogP) is 3.99. The van der Waals surface area contributed by atoms with E-state index in [2.05, 4.69) is 22.9 Å². The van der Waals surface area contributed by atoms with Gasteiger partial charge >= 0.3 is 0 Å². The number of anilines is 1. The van der Waals surface area contributed by atoms with Gasteiger partial charge in [-0.25, -0.2) is 0 Å². The highest BCUT2D eigenvalue weighted by Gasteiger charge is 2.00. The molecule has 0 spiro atoms. The van der Waals surface area contributed by atoms with Crippen molar-refractivity contribution in [3.63, 3.8) is 0 Å². The van der Waals surface area contributed by atoms with Crippen LogP contribution < -0.4 is 10.5 Å². The Morgan fingerprint density at radius 1 is 1.27 bits per heavy atom. The van der Waals surface area contributed by atoms with Gasteiger partial charge in [-0.1, -0.05) is 26.2 Å². The number of nitrogen functional groups attached to an aromatic ring is 1. The second-order valence-corrected chi connectivity index (χ2v) is 4.45. The molecule has 1 aromatic carbocycles. The maximum atomic E-state index is 5.64. The molecule has 3 heteroatoms. The van der Waals surface area contributed by atoms with Crippen LogP contribution >= 0.6 is 15.9 Å². The van der Waals surface area contributed by atoms with Gasteiger partial charge in [0.15, 0.2) is 0 Å². The van der Waals surface area contributed by atoms with Crippen molar-refractivity contribution in [2.24, 2.45) is 0 Å². The highest BCUT2D eigenvalue weighted by Crippen LogP contribution is 2.26. The summed E-state index contributed by atoms with van der Waals surface area (Å²) in [5.74, 6) is 0.876. The average Bonchev–Trinajstić information content (AvgIpc) is 2.20. The van der Waals surface area contributed by atoms with Crippen LogP contribution in [-0.2, 0) is 0 Å². The lowest BCUT2D eigenvalue weighted by Gasteiger charge is -2.08.